The zero-order chi connectivity index (χ0) is 12.1. The summed E-state index contributed by atoms with van der Waals surface area (Å²) in [5, 5.41) is 0. The van der Waals surface area contributed by atoms with Gasteiger partial charge in [-0.1, -0.05) is 31.5 Å². The highest BCUT2D eigenvalue weighted by Crippen LogP contribution is 2.22. The summed E-state index contributed by atoms with van der Waals surface area (Å²) in [5.74, 6) is 0.212. The highest BCUT2D eigenvalue weighted by molar-refractivity contribution is 5.94. The van der Waals surface area contributed by atoms with E-state index in [0.717, 1.165) is 31.4 Å². The average molecular weight is 231 g/mol. The standard InChI is InChI=1S/C15H21NO/c1-2-8-14-11-6-7-12-16(14)15(17)13-9-4-3-5-10-13/h3-5,9-10,14H,2,6-8,11-12H2,1H3. The van der Waals surface area contributed by atoms with E-state index in [1.54, 1.807) is 0 Å². The number of carbonyl (C=O) groups excluding carboxylic acids is 1. The zero-order valence-electron chi connectivity index (χ0n) is 10.6. The predicted octanol–water partition coefficient (Wildman–Crippen LogP) is 3.48. The number of rotatable bonds is 3. The second kappa shape index (κ2) is 5.85. The van der Waals surface area contributed by atoms with Gasteiger partial charge in [0, 0.05) is 18.2 Å². The van der Waals surface area contributed by atoms with Gasteiger partial charge >= 0.3 is 0 Å². The van der Waals surface area contributed by atoms with Gasteiger partial charge < -0.3 is 4.90 Å². The maximum atomic E-state index is 12.4. The first kappa shape index (κ1) is 12.2. The molecule has 0 saturated carbocycles. The molecule has 1 aromatic rings. The van der Waals surface area contributed by atoms with E-state index < -0.39 is 0 Å². The van der Waals surface area contributed by atoms with Gasteiger partial charge in [0.05, 0.1) is 0 Å². The Kier molecular flexibility index (Phi) is 4.18. The molecule has 0 N–H and O–H groups in total. The van der Waals surface area contributed by atoms with Gasteiger partial charge in [-0.3, -0.25) is 4.79 Å². The minimum Gasteiger partial charge on any atom is -0.336 e. The fourth-order valence-electron chi connectivity index (χ4n) is 2.65. The van der Waals surface area contributed by atoms with Crippen LogP contribution in [0.3, 0.4) is 0 Å². The molecule has 0 bridgehead atoms. The molecule has 0 aliphatic carbocycles. The smallest absolute Gasteiger partial charge is 0.254 e. The predicted molar refractivity (Wildman–Crippen MR) is 70.0 cm³/mol. The van der Waals surface area contributed by atoms with Gasteiger partial charge in [-0.15, -0.1) is 0 Å². The summed E-state index contributed by atoms with van der Waals surface area (Å²) in [4.78, 5) is 14.5. The minimum atomic E-state index is 0.212. The first-order valence-corrected chi connectivity index (χ1v) is 6.69. The molecule has 1 aliphatic heterocycles. The molecule has 1 amide bonds. The van der Waals surface area contributed by atoms with Gasteiger partial charge in [-0.25, -0.2) is 0 Å². The third-order valence-corrected chi connectivity index (χ3v) is 3.53. The molecule has 1 unspecified atom stereocenters. The van der Waals surface area contributed by atoms with Crippen LogP contribution in [0.5, 0.6) is 0 Å². The molecule has 1 heterocycles. The number of hydrogen-bond acceptors (Lipinski definition) is 1. The molecular weight excluding hydrogens is 210 g/mol. The van der Waals surface area contributed by atoms with Gasteiger partial charge in [0.25, 0.3) is 5.91 Å². The van der Waals surface area contributed by atoms with Crippen molar-refractivity contribution in [3.8, 4) is 0 Å². The van der Waals surface area contributed by atoms with Crippen molar-refractivity contribution in [3.05, 3.63) is 35.9 Å². The van der Waals surface area contributed by atoms with E-state index in [9.17, 15) is 4.79 Å². The Morgan fingerprint density at radius 1 is 1.29 bits per heavy atom. The fourth-order valence-corrected chi connectivity index (χ4v) is 2.65. The second-order valence-corrected chi connectivity index (χ2v) is 4.80. The summed E-state index contributed by atoms with van der Waals surface area (Å²) < 4.78 is 0. The lowest BCUT2D eigenvalue weighted by Gasteiger charge is -2.35. The van der Waals surface area contributed by atoms with Crippen LogP contribution in [0.4, 0.5) is 0 Å². The number of nitrogens with zero attached hydrogens (tertiary/aromatic N) is 1. The summed E-state index contributed by atoms with van der Waals surface area (Å²) in [7, 11) is 0. The van der Waals surface area contributed by atoms with Gasteiger partial charge in [0.1, 0.15) is 0 Å². The van der Waals surface area contributed by atoms with Crippen molar-refractivity contribution in [2.45, 2.75) is 45.1 Å². The van der Waals surface area contributed by atoms with E-state index in [-0.39, 0.29) is 5.91 Å². The third-order valence-electron chi connectivity index (χ3n) is 3.53. The van der Waals surface area contributed by atoms with Crippen molar-refractivity contribution in [2.75, 3.05) is 6.54 Å². The van der Waals surface area contributed by atoms with Crippen LogP contribution in [-0.4, -0.2) is 23.4 Å². The first-order chi connectivity index (χ1) is 8.33. The maximum Gasteiger partial charge on any atom is 0.254 e. The average Bonchev–Trinajstić information content (AvgIpc) is 2.40. The zero-order valence-corrected chi connectivity index (χ0v) is 10.6. The van der Waals surface area contributed by atoms with E-state index in [4.69, 9.17) is 0 Å². The van der Waals surface area contributed by atoms with Gasteiger partial charge in [-0.2, -0.15) is 0 Å². The minimum absolute atomic E-state index is 0.212. The quantitative estimate of drug-likeness (QED) is 0.780. The number of amides is 1. The molecule has 2 nitrogen and oxygen atoms in total. The molecular formula is C15H21NO. The van der Waals surface area contributed by atoms with E-state index in [0.29, 0.717) is 6.04 Å². The summed E-state index contributed by atoms with van der Waals surface area (Å²) in [6, 6.07) is 10.1. The van der Waals surface area contributed by atoms with Crippen molar-refractivity contribution < 1.29 is 4.79 Å². The van der Waals surface area contributed by atoms with Crippen LogP contribution in [0.1, 0.15) is 49.4 Å². The van der Waals surface area contributed by atoms with E-state index in [2.05, 4.69) is 11.8 Å². The van der Waals surface area contributed by atoms with Crippen LogP contribution in [0.15, 0.2) is 30.3 Å². The van der Waals surface area contributed by atoms with E-state index in [1.165, 1.54) is 12.8 Å². The Bertz CT molecular complexity index is 358. The summed E-state index contributed by atoms with van der Waals surface area (Å²) in [6.45, 7) is 3.12. The van der Waals surface area contributed by atoms with Gasteiger partial charge in [0.2, 0.25) is 0 Å². The summed E-state index contributed by atoms with van der Waals surface area (Å²) in [5.41, 5.74) is 0.829. The van der Waals surface area contributed by atoms with E-state index >= 15 is 0 Å². The molecule has 0 spiro atoms. The molecule has 92 valence electrons. The lowest BCUT2D eigenvalue weighted by Crippen LogP contribution is -2.43. The van der Waals surface area contributed by atoms with E-state index in [1.807, 2.05) is 30.3 Å². The van der Waals surface area contributed by atoms with Crippen LogP contribution in [0, 0.1) is 0 Å². The molecule has 2 rings (SSSR count). The Balaban J connectivity index is 2.11. The van der Waals surface area contributed by atoms with Gasteiger partial charge in [-0.05, 0) is 37.8 Å². The largest absolute Gasteiger partial charge is 0.336 e. The van der Waals surface area contributed by atoms with Crippen LogP contribution >= 0.6 is 0 Å². The summed E-state index contributed by atoms with van der Waals surface area (Å²) >= 11 is 0. The summed E-state index contributed by atoms with van der Waals surface area (Å²) in [6.07, 6.45) is 5.89. The monoisotopic (exact) mass is 231 g/mol. The second-order valence-electron chi connectivity index (χ2n) is 4.80. The Labute approximate surface area is 104 Å². The molecule has 17 heavy (non-hydrogen) atoms. The van der Waals surface area contributed by atoms with Crippen molar-refractivity contribution in [1.82, 2.24) is 4.90 Å². The molecule has 2 heteroatoms. The van der Waals surface area contributed by atoms with Gasteiger partial charge in [0.15, 0.2) is 0 Å². The van der Waals surface area contributed by atoms with Crippen LogP contribution in [0.2, 0.25) is 0 Å². The van der Waals surface area contributed by atoms with Crippen LogP contribution < -0.4 is 0 Å². The lowest BCUT2D eigenvalue weighted by molar-refractivity contribution is 0.0600. The molecule has 1 aromatic carbocycles. The number of piperidine rings is 1. The normalized spacial score (nSPS) is 20.3. The lowest BCUT2D eigenvalue weighted by atomic mass is 9.97. The third kappa shape index (κ3) is 2.87. The number of benzene rings is 1. The molecule has 1 aliphatic rings. The number of likely N-dealkylation sites (tertiary alicyclic amines) is 1. The fraction of sp³-hybridized carbons (Fsp3) is 0.533. The molecule has 1 saturated heterocycles. The van der Waals surface area contributed by atoms with Crippen molar-refractivity contribution in [1.29, 1.82) is 0 Å². The SMILES string of the molecule is CCCC1CCCCN1C(=O)c1ccccc1. The highest BCUT2D eigenvalue weighted by atomic mass is 16.2. The van der Waals surface area contributed by atoms with Crippen molar-refractivity contribution in [2.24, 2.45) is 0 Å². The molecule has 1 fully saturated rings. The van der Waals surface area contributed by atoms with Crippen LogP contribution in [-0.2, 0) is 0 Å². The maximum absolute atomic E-state index is 12.4. The Morgan fingerprint density at radius 3 is 2.76 bits per heavy atom. The van der Waals surface area contributed by atoms with Crippen LogP contribution in [0.25, 0.3) is 0 Å². The Hall–Kier alpha value is -1.31. The highest BCUT2D eigenvalue weighted by Gasteiger charge is 2.26. The number of carbonyl (C=O) groups is 1. The number of hydrogen-bond donors (Lipinski definition) is 0. The Morgan fingerprint density at radius 2 is 2.06 bits per heavy atom. The molecule has 1 atom stereocenters. The van der Waals surface area contributed by atoms with Crippen molar-refractivity contribution >= 4 is 5.91 Å². The molecule has 0 radical (unpaired) electrons. The first-order valence-electron chi connectivity index (χ1n) is 6.69. The topological polar surface area (TPSA) is 20.3 Å². The molecule has 0 aromatic heterocycles. The van der Waals surface area contributed by atoms with Crippen molar-refractivity contribution in [3.63, 3.8) is 0 Å².